The Morgan fingerprint density at radius 3 is 2.44 bits per heavy atom. The Hall–Kier alpha value is -2.17. The standard InChI is InChI=1S/C13H16N2O3/c1-3-16-10-6-5-9(7-12(10)17-4-2)11-8-13(14)15-18-11/h5-8H,3-4H2,1-2H3,(H2,14,15). The zero-order chi connectivity index (χ0) is 13.0. The van der Waals surface area contributed by atoms with Gasteiger partial charge in [0.25, 0.3) is 0 Å². The maximum Gasteiger partial charge on any atom is 0.169 e. The van der Waals surface area contributed by atoms with Crippen molar-refractivity contribution in [2.24, 2.45) is 0 Å². The third kappa shape index (κ3) is 2.56. The summed E-state index contributed by atoms with van der Waals surface area (Å²) in [5.74, 6) is 2.37. The number of anilines is 1. The minimum atomic E-state index is 0.358. The molecule has 5 nitrogen and oxygen atoms in total. The number of nitrogens with zero attached hydrogens (tertiary/aromatic N) is 1. The summed E-state index contributed by atoms with van der Waals surface area (Å²) in [7, 11) is 0. The fourth-order valence-electron chi connectivity index (χ4n) is 1.63. The predicted octanol–water partition coefficient (Wildman–Crippen LogP) is 2.72. The van der Waals surface area contributed by atoms with E-state index < -0.39 is 0 Å². The molecule has 5 heteroatoms. The average Bonchev–Trinajstić information content (AvgIpc) is 2.79. The van der Waals surface area contributed by atoms with Crippen LogP contribution in [0.3, 0.4) is 0 Å². The van der Waals surface area contributed by atoms with Crippen molar-refractivity contribution in [1.29, 1.82) is 0 Å². The van der Waals surface area contributed by atoms with E-state index in [2.05, 4.69) is 5.16 Å². The van der Waals surface area contributed by atoms with Gasteiger partial charge in [-0.1, -0.05) is 5.16 Å². The highest BCUT2D eigenvalue weighted by atomic mass is 16.5. The van der Waals surface area contributed by atoms with Crippen LogP contribution in [0.4, 0.5) is 5.82 Å². The lowest BCUT2D eigenvalue weighted by Gasteiger charge is -2.11. The van der Waals surface area contributed by atoms with E-state index in [1.165, 1.54) is 0 Å². The highest BCUT2D eigenvalue weighted by Crippen LogP contribution is 2.33. The molecule has 1 aromatic heterocycles. The minimum Gasteiger partial charge on any atom is -0.490 e. The molecule has 0 unspecified atom stereocenters. The Bertz CT molecular complexity index is 523. The number of nitrogen functional groups attached to an aromatic ring is 1. The average molecular weight is 248 g/mol. The number of benzene rings is 1. The molecule has 1 aromatic carbocycles. The molecule has 18 heavy (non-hydrogen) atoms. The number of rotatable bonds is 5. The zero-order valence-electron chi connectivity index (χ0n) is 10.5. The second-order valence-electron chi connectivity index (χ2n) is 3.64. The van der Waals surface area contributed by atoms with Crippen LogP contribution in [-0.2, 0) is 0 Å². The molecule has 0 amide bonds. The summed E-state index contributed by atoms with van der Waals surface area (Å²) in [4.78, 5) is 0. The second-order valence-corrected chi connectivity index (χ2v) is 3.64. The zero-order valence-corrected chi connectivity index (χ0v) is 10.5. The molecule has 2 N–H and O–H groups in total. The van der Waals surface area contributed by atoms with Crippen LogP contribution in [0.15, 0.2) is 28.8 Å². The largest absolute Gasteiger partial charge is 0.490 e. The van der Waals surface area contributed by atoms with Gasteiger partial charge in [-0.25, -0.2) is 0 Å². The first-order valence-corrected chi connectivity index (χ1v) is 5.86. The molecule has 0 bridgehead atoms. The van der Waals surface area contributed by atoms with Crippen LogP contribution in [0.2, 0.25) is 0 Å². The van der Waals surface area contributed by atoms with Gasteiger partial charge < -0.3 is 19.7 Å². The van der Waals surface area contributed by atoms with E-state index in [4.69, 9.17) is 19.7 Å². The Kier molecular flexibility index (Phi) is 3.72. The van der Waals surface area contributed by atoms with Crippen molar-refractivity contribution in [3.8, 4) is 22.8 Å². The molecule has 1 heterocycles. The van der Waals surface area contributed by atoms with Crippen molar-refractivity contribution in [3.63, 3.8) is 0 Å². The highest BCUT2D eigenvalue weighted by Gasteiger charge is 2.10. The van der Waals surface area contributed by atoms with E-state index in [1.54, 1.807) is 6.07 Å². The number of nitrogens with two attached hydrogens (primary N) is 1. The SMILES string of the molecule is CCOc1ccc(-c2cc(N)no2)cc1OCC. The maximum atomic E-state index is 5.54. The molecule has 0 aliphatic carbocycles. The van der Waals surface area contributed by atoms with E-state index in [1.807, 2.05) is 32.0 Å². The van der Waals surface area contributed by atoms with Crippen LogP contribution in [0.25, 0.3) is 11.3 Å². The van der Waals surface area contributed by atoms with Gasteiger partial charge in [0, 0.05) is 11.6 Å². The summed E-state index contributed by atoms with van der Waals surface area (Å²) in [6.07, 6.45) is 0. The van der Waals surface area contributed by atoms with Crippen LogP contribution in [0, 0.1) is 0 Å². The van der Waals surface area contributed by atoms with Crippen LogP contribution in [-0.4, -0.2) is 18.4 Å². The topological polar surface area (TPSA) is 70.5 Å². The van der Waals surface area contributed by atoms with Crippen molar-refractivity contribution in [2.75, 3.05) is 18.9 Å². The van der Waals surface area contributed by atoms with Crippen LogP contribution >= 0.6 is 0 Å². The molecule has 0 atom stereocenters. The second kappa shape index (κ2) is 5.44. The van der Waals surface area contributed by atoms with Gasteiger partial charge in [-0.3, -0.25) is 0 Å². The van der Waals surface area contributed by atoms with Gasteiger partial charge in [-0.05, 0) is 32.0 Å². The minimum absolute atomic E-state index is 0.358. The summed E-state index contributed by atoms with van der Waals surface area (Å²) >= 11 is 0. The first-order chi connectivity index (χ1) is 8.74. The van der Waals surface area contributed by atoms with Crippen molar-refractivity contribution >= 4 is 5.82 Å². The monoisotopic (exact) mass is 248 g/mol. The molecular weight excluding hydrogens is 232 g/mol. The molecule has 2 rings (SSSR count). The van der Waals surface area contributed by atoms with Gasteiger partial charge in [0.05, 0.1) is 13.2 Å². The highest BCUT2D eigenvalue weighted by molar-refractivity contribution is 5.64. The third-order valence-corrected chi connectivity index (χ3v) is 2.36. The quantitative estimate of drug-likeness (QED) is 0.880. The Labute approximate surface area is 105 Å². The van der Waals surface area contributed by atoms with E-state index in [-0.39, 0.29) is 0 Å². The van der Waals surface area contributed by atoms with Gasteiger partial charge in [0.1, 0.15) is 0 Å². The van der Waals surface area contributed by atoms with E-state index in [9.17, 15) is 0 Å². The number of aromatic nitrogens is 1. The van der Waals surface area contributed by atoms with Gasteiger partial charge in [0.15, 0.2) is 23.1 Å². The van der Waals surface area contributed by atoms with Crippen molar-refractivity contribution in [3.05, 3.63) is 24.3 Å². The Balaban J connectivity index is 2.35. The van der Waals surface area contributed by atoms with E-state index >= 15 is 0 Å². The van der Waals surface area contributed by atoms with E-state index in [0.717, 1.165) is 11.3 Å². The van der Waals surface area contributed by atoms with Crippen LogP contribution in [0.1, 0.15) is 13.8 Å². The molecule has 0 radical (unpaired) electrons. The summed E-state index contributed by atoms with van der Waals surface area (Å²) in [6, 6.07) is 7.26. The molecule has 0 saturated carbocycles. The molecule has 0 fully saturated rings. The summed E-state index contributed by atoms with van der Waals surface area (Å²) < 4.78 is 16.1. The fraction of sp³-hybridized carbons (Fsp3) is 0.308. The summed E-state index contributed by atoms with van der Waals surface area (Å²) in [5, 5.41) is 3.66. The molecule has 2 aromatic rings. The van der Waals surface area contributed by atoms with Gasteiger partial charge >= 0.3 is 0 Å². The summed E-state index contributed by atoms with van der Waals surface area (Å²) in [6.45, 7) is 5.02. The van der Waals surface area contributed by atoms with Gasteiger partial charge in [-0.2, -0.15) is 0 Å². The van der Waals surface area contributed by atoms with Gasteiger partial charge in [-0.15, -0.1) is 0 Å². The molecule has 96 valence electrons. The summed E-state index contributed by atoms with van der Waals surface area (Å²) in [5.41, 5.74) is 6.38. The first kappa shape index (κ1) is 12.3. The number of hydrogen-bond donors (Lipinski definition) is 1. The number of ether oxygens (including phenoxy) is 2. The lowest BCUT2D eigenvalue weighted by Crippen LogP contribution is -1.98. The molecule has 0 spiro atoms. The smallest absolute Gasteiger partial charge is 0.169 e. The first-order valence-electron chi connectivity index (χ1n) is 5.86. The van der Waals surface area contributed by atoms with E-state index in [0.29, 0.717) is 30.5 Å². The Morgan fingerprint density at radius 2 is 1.83 bits per heavy atom. The lowest BCUT2D eigenvalue weighted by molar-refractivity contribution is 0.288. The third-order valence-electron chi connectivity index (χ3n) is 2.36. The van der Waals surface area contributed by atoms with Crippen LogP contribution in [0.5, 0.6) is 11.5 Å². The Morgan fingerprint density at radius 1 is 1.11 bits per heavy atom. The fourth-order valence-corrected chi connectivity index (χ4v) is 1.63. The van der Waals surface area contributed by atoms with Gasteiger partial charge in [0.2, 0.25) is 0 Å². The molecular formula is C13H16N2O3. The number of hydrogen-bond acceptors (Lipinski definition) is 5. The normalized spacial score (nSPS) is 10.3. The maximum absolute atomic E-state index is 5.54. The van der Waals surface area contributed by atoms with Crippen molar-refractivity contribution in [2.45, 2.75) is 13.8 Å². The lowest BCUT2D eigenvalue weighted by atomic mass is 10.1. The predicted molar refractivity (Wildman–Crippen MR) is 68.7 cm³/mol. The van der Waals surface area contributed by atoms with Crippen molar-refractivity contribution in [1.82, 2.24) is 5.16 Å². The van der Waals surface area contributed by atoms with Crippen LogP contribution < -0.4 is 15.2 Å². The molecule has 0 aliphatic heterocycles. The molecule has 0 aliphatic rings. The molecule has 0 saturated heterocycles. The van der Waals surface area contributed by atoms with Crippen molar-refractivity contribution < 1.29 is 14.0 Å².